The summed E-state index contributed by atoms with van der Waals surface area (Å²) in [6.07, 6.45) is 0. The number of carbonyl (C=O) groups excluding carboxylic acids is 1. The maximum Gasteiger partial charge on any atom is 0.283 e. The fourth-order valence-electron chi connectivity index (χ4n) is 4.08. The minimum Gasteiger partial charge on any atom is -0.497 e. The van der Waals surface area contributed by atoms with E-state index in [9.17, 15) is 9.59 Å². The summed E-state index contributed by atoms with van der Waals surface area (Å²) in [6, 6.07) is 20.4. The number of rotatable bonds is 7. The van der Waals surface area contributed by atoms with Gasteiger partial charge in [0.05, 0.1) is 31.3 Å². The van der Waals surface area contributed by atoms with E-state index >= 15 is 0 Å². The number of amides is 1. The number of thioether (sulfide) groups is 1. The number of methoxy groups -OCH3 is 2. The van der Waals surface area contributed by atoms with Crippen molar-refractivity contribution in [2.75, 3.05) is 25.3 Å². The van der Waals surface area contributed by atoms with Gasteiger partial charge in [-0.1, -0.05) is 48.2 Å². The first kappa shape index (κ1) is 23.5. The van der Waals surface area contributed by atoms with Crippen LogP contribution in [0.3, 0.4) is 0 Å². The third-order valence-electron chi connectivity index (χ3n) is 5.87. The number of hydrogen-bond acceptors (Lipinski definition) is 6. The zero-order chi connectivity index (χ0) is 25.2. The van der Waals surface area contributed by atoms with Gasteiger partial charge in [-0.15, -0.1) is 0 Å². The van der Waals surface area contributed by atoms with Crippen molar-refractivity contribution in [1.29, 1.82) is 0 Å². The predicted molar refractivity (Wildman–Crippen MR) is 143 cm³/mol. The number of carbonyl (C=O) groups is 1. The summed E-state index contributed by atoms with van der Waals surface area (Å²) in [5.74, 6) is 0.898. The van der Waals surface area contributed by atoms with Gasteiger partial charge in [0, 0.05) is 17.0 Å². The number of aromatic amines is 1. The van der Waals surface area contributed by atoms with E-state index < -0.39 is 0 Å². The first-order valence-corrected chi connectivity index (χ1v) is 12.2. The normalized spacial score (nSPS) is 11.1. The quantitative estimate of drug-likeness (QED) is 0.243. The summed E-state index contributed by atoms with van der Waals surface area (Å²) < 4.78 is 12.2. The number of ether oxygens (including phenoxy) is 2. The first-order chi connectivity index (χ1) is 17.5. The van der Waals surface area contributed by atoms with Crippen LogP contribution in [0, 0.1) is 6.92 Å². The summed E-state index contributed by atoms with van der Waals surface area (Å²) in [6.45, 7) is 1.94. The average Bonchev–Trinajstić information content (AvgIpc) is 3.27. The van der Waals surface area contributed by atoms with E-state index in [4.69, 9.17) is 14.5 Å². The molecule has 0 unspecified atom stereocenters. The van der Waals surface area contributed by atoms with Gasteiger partial charge in [-0.25, -0.2) is 4.98 Å². The maximum absolute atomic E-state index is 13.7. The van der Waals surface area contributed by atoms with Crippen molar-refractivity contribution in [3.8, 4) is 17.2 Å². The van der Waals surface area contributed by atoms with Crippen LogP contribution >= 0.6 is 11.8 Å². The molecule has 1 amide bonds. The van der Waals surface area contributed by atoms with Gasteiger partial charge < -0.3 is 19.8 Å². The molecule has 5 rings (SSSR count). The van der Waals surface area contributed by atoms with E-state index in [-0.39, 0.29) is 17.2 Å². The van der Waals surface area contributed by atoms with Gasteiger partial charge in [-0.3, -0.25) is 14.2 Å². The molecule has 3 aromatic carbocycles. The van der Waals surface area contributed by atoms with Gasteiger partial charge in [0.1, 0.15) is 22.5 Å². The Morgan fingerprint density at radius 2 is 1.83 bits per heavy atom. The number of nitrogens with one attached hydrogen (secondary N) is 2. The molecule has 0 aliphatic heterocycles. The van der Waals surface area contributed by atoms with Crippen molar-refractivity contribution in [1.82, 2.24) is 14.5 Å². The predicted octanol–water partition coefficient (Wildman–Crippen LogP) is 4.92. The monoisotopic (exact) mass is 500 g/mol. The molecule has 9 heteroatoms. The summed E-state index contributed by atoms with van der Waals surface area (Å²) in [5, 5.41) is 4.16. The zero-order valence-electron chi connectivity index (χ0n) is 20.0. The molecule has 0 aliphatic carbocycles. The van der Waals surface area contributed by atoms with Crippen LogP contribution < -0.4 is 20.3 Å². The highest BCUT2D eigenvalue weighted by Gasteiger charge is 2.19. The second-order valence-corrected chi connectivity index (χ2v) is 9.06. The highest BCUT2D eigenvalue weighted by atomic mass is 32.2. The zero-order valence-corrected chi connectivity index (χ0v) is 20.8. The molecule has 0 spiro atoms. The molecule has 2 aromatic heterocycles. The average molecular weight is 501 g/mol. The molecule has 0 saturated carbocycles. The third-order valence-corrected chi connectivity index (χ3v) is 6.80. The molecule has 36 heavy (non-hydrogen) atoms. The van der Waals surface area contributed by atoms with Crippen LogP contribution in [0.5, 0.6) is 11.5 Å². The Balaban J connectivity index is 1.53. The topological polar surface area (TPSA) is 98.2 Å². The minimum absolute atomic E-state index is 0.0430. The number of para-hydroxylation sites is 2. The van der Waals surface area contributed by atoms with Gasteiger partial charge in [0.25, 0.3) is 5.56 Å². The summed E-state index contributed by atoms with van der Waals surface area (Å²) in [4.78, 5) is 34.7. The Morgan fingerprint density at radius 3 is 2.61 bits per heavy atom. The van der Waals surface area contributed by atoms with Crippen molar-refractivity contribution < 1.29 is 14.3 Å². The van der Waals surface area contributed by atoms with Crippen LogP contribution in [-0.4, -0.2) is 40.4 Å². The molecule has 2 heterocycles. The van der Waals surface area contributed by atoms with Gasteiger partial charge in [0.15, 0.2) is 5.16 Å². The lowest BCUT2D eigenvalue weighted by Gasteiger charge is -2.15. The number of benzene rings is 3. The van der Waals surface area contributed by atoms with Gasteiger partial charge in [-0.2, -0.15) is 0 Å². The number of aryl methyl sites for hydroxylation is 1. The third kappa shape index (κ3) is 4.29. The van der Waals surface area contributed by atoms with Crippen LogP contribution in [-0.2, 0) is 4.79 Å². The number of aromatic nitrogens is 3. The Hall–Kier alpha value is -4.24. The summed E-state index contributed by atoms with van der Waals surface area (Å²) in [5.41, 5.74) is 3.79. The number of nitrogens with zero attached hydrogens (tertiary/aromatic N) is 2. The number of H-pyrrole nitrogens is 1. The highest BCUT2D eigenvalue weighted by Crippen LogP contribution is 2.30. The lowest BCUT2D eigenvalue weighted by Crippen LogP contribution is -2.23. The largest absolute Gasteiger partial charge is 0.497 e. The number of anilines is 1. The molecule has 0 fully saturated rings. The van der Waals surface area contributed by atoms with Gasteiger partial charge >= 0.3 is 0 Å². The molecule has 5 aromatic rings. The smallest absolute Gasteiger partial charge is 0.283 e. The van der Waals surface area contributed by atoms with E-state index in [2.05, 4.69) is 10.3 Å². The lowest BCUT2D eigenvalue weighted by molar-refractivity contribution is -0.113. The molecule has 2 N–H and O–H groups in total. The Kier molecular flexibility index (Phi) is 6.39. The summed E-state index contributed by atoms with van der Waals surface area (Å²) >= 11 is 1.20. The molecular weight excluding hydrogens is 476 g/mol. The Labute approximate surface area is 211 Å². The molecule has 0 aliphatic rings. The molecule has 0 bridgehead atoms. The van der Waals surface area contributed by atoms with Crippen molar-refractivity contribution in [2.45, 2.75) is 12.1 Å². The van der Waals surface area contributed by atoms with E-state index in [0.717, 1.165) is 22.2 Å². The van der Waals surface area contributed by atoms with Crippen LogP contribution in [0.15, 0.2) is 76.7 Å². The standard InChI is InChI=1S/C27H24N4O4S/c1-16-8-4-7-11-21(16)31-26(33)25-24(18-9-5-6-10-19(18)29-25)30-27(31)36-15-23(32)28-20-13-12-17(34-2)14-22(20)35-3/h4-14,29H,15H2,1-3H3,(H,28,32). The molecule has 0 atom stereocenters. The van der Waals surface area contributed by atoms with Crippen LogP contribution in [0.25, 0.3) is 27.6 Å². The number of fused-ring (bicyclic) bond motifs is 3. The Bertz CT molecular complexity index is 1660. The van der Waals surface area contributed by atoms with E-state index in [0.29, 0.717) is 33.4 Å². The van der Waals surface area contributed by atoms with Crippen LogP contribution in [0.1, 0.15) is 5.56 Å². The fourth-order valence-corrected chi connectivity index (χ4v) is 4.88. The molecule has 182 valence electrons. The molecule has 0 saturated heterocycles. The highest BCUT2D eigenvalue weighted by molar-refractivity contribution is 7.99. The van der Waals surface area contributed by atoms with Crippen LogP contribution in [0.2, 0.25) is 0 Å². The molecule has 8 nitrogen and oxygen atoms in total. The Morgan fingerprint density at radius 1 is 1.06 bits per heavy atom. The maximum atomic E-state index is 13.7. The van der Waals surface area contributed by atoms with E-state index in [1.54, 1.807) is 29.9 Å². The second kappa shape index (κ2) is 9.79. The van der Waals surface area contributed by atoms with Crippen LogP contribution in [0.4, 0.5) is 5.69 Å². The SMILES string of the molecule is COc1ccc(NC(=O)CSc2nc3c([nH]c4ccccc43)c(=O)n2-c2ccccc2C)c(OC)c1. The summed E-state index contributed by atoms with van der Waals surface area (Å²) in [7, 11) is 3.09. The molecular formula is C27H24N4O4S. The van der Waals surface area contributed by atoms with Crippen molar-refractivity contribution in [3.05, 3.63) is 82.6 Å². The lowest BCUT2D eigenvalue weighted by atomic mass is 10.2. The second-order valence-electron chi connectivity index (χ2n) is 8.12. The number of hydrogen-bond donors (Lipinski definition) is 2. The fraction of sp³-hybridized carbons (Fsp3) is 0.148. The van der Waals surface area contributed by atoms with Crippen molar-refractivity contribution in [3.63, 3.8) is 0 Å². The molecule has 0 radical (unpaired) electrons. The van der Waals surface area contributed by atoms with Gasteiger partial charge in [0.2, 0.25) is 5.91 Å². The van der Waals surface area contributed by atoms with Crippen molar-refractivity contribution >= 4 is 45.3 Å². The van der Waals surface area contributed by atoms with E-state index in [1.807, 2.05) is 55.5 Å². The van der Waals surface area contributed by atoms with E-state index in [1.165, 1.54) is 18.9 Å². The minimum atomic E-state index is -0.256. The first-order valence-electron chi connectivity index (χ1n) is 11.2. The van der Waals surface area contributed by atoms with Crippen molar-refractivity contribution in [2.24, 2.45) is 0 Å². The van der Waals surface area contributed by atoms with Gasteiger partial charge in [-0.05, 0) is 36.8 Å².